The minimum absolute atomic E-state index is 0.132. The molecule has 6 nitrogen and oxygen atoms in total. The van der Waals surface area contributed by atoms with Gasteiger partial charge < -0.3 is 19.7 Å². The molecule has 0 bridgehead atoms. The number of ether oxygens (including phenoxy) is 2. The number of nitrogens with one attached hydrogen (secondary N) is 1. The standard InChI is InChI=1S/C26H36N2O4/c1-6-8-14-27-26(30)23(7-2)28(17-21-10-9-11-22(16-21)31-5)25(29)18-32-24-13-12-19(3)15-20(24)4/h9-13,15-16,23H,6-8,14,17-18H2,1-5H3,(H,27,30). The zero-order valence-corrected chi connectivity index (χ0v) is 19.9. The third kappa shape index (κ3) is 7.29. The van der Waals surface area contributed by atoms with Gasteiger partial charge in [0.05, 0.1) is 7.11 Å². The summed E-state index contributed by atoms with van der Waals surface area (Å²) in [4.78, 5) is 27.8. The Balaban J connectivity index is 2.22. The fourth-order valence-corrected chi connectivity index (χ4v) is 3.58. The van der Waals surface area contributed by atoms with Crippen LogP contribution in [0.25, 0.3) is 0 Å². The summed E-state index contributed by atoms with van der Waals surface area (Å²) in [5.74, 6) is 1.02. The third-order valence-electron chi connectivity index (χ3n) is 5.38. The highest BCUT2D eigenvalue weighted by Crippen LogP contribution is 2.20. The van der Waals surface area contributed by atoms with E-state index >= 15 is 0 Å². The average molecular weight is 441 g/mol. The van der Waals surface area contributed by atoms with Gasteiger partial charge in [0, 0.05) is 13.1 Å². The highest BCUT2D eigenvalue weighted by Gasteiger charge is 2.29. The molecule has 2 aromatic carbocycles. The van der Waals surface area contributed by atoms with E-state index in [1.807, 2.05) is 63.2 Å². The molecule has 0 aliphatic rings. The van der Waals surface area contributed by atoms with Crippen molar-refractivity contribution in [2.45, 2.75) is 59.5 Å². The molecule has 0 saturated carbocycles. The van der Waals surface area contributed by atoms with Crippen molar-refractivity contribution in [3.63, 3.8) is 0 Å². The van der Waals surface area contributed by atoms with Crippen molar-refractivity contribution < 1.29 is 19.1 Å². The largest absolute Gasteiger partial charge is 0.497 e. The van der Waals surface area contributed by atoms with Gasteiger partial charge in [0.25, 0.3) is 5.91 Å². The summed E-state index contributed by atoms with van der Waals surface area (Å²) in [7, 11) is 1.61. The van der Waals surface area contributed by atoms with Crippen molar-refractivity contribution in [1.29, 1.82) is 0 Å². The Kier molecular flexibility index (Phi) is 10.1. The number of nitrogens with zero attached hydrogens (tertiary/aromatic N) is 1. The van der Waals surface area contributed by atoms with Gasteiger partial charge in [-0.3, -0.25) is 9.59 Å². The number of carbonyl (C=O) groups is 2. The zero-order valence-electron chi connectivity index (χ0n) is 19.9. The van der Waals surface area contributed by atoms with Crippen LogP contribution in [-0.4, -0.2) is 43.0 Å². The molecule has 2 aromatic rings. The van der Waals surface area contributed by atoms with Crippen LogP contribution in [0, 0.1) is 13.8 Å². The Hall–Kier alpha value is -3.02. The van der Waals surface area contributed by atoms with Crippen LogP contribution in [0.3, 0.4) is 0 Å². The predicted molar refractivity (Wildman–Crippen MR) is 127 cm³/mol. The normalized spacial score (nSPS) is 11.5. The van der Waals surface area contributed by atoms with E-state index in [4.69, 9.17) is 9.47 Å². The van der Waals surface area contributed by atoms with Crippen LogP contribution < -0.4 is 14.8 Å². The van der Waals surface area contributed by atoms with Gasteiger partial charge in [-0.1, -0.05) is 50.1 Å². The van der Waals surface area contributed by atoms with Crippen molar-refractivity contribution in [3.05, 3.63) is 59.2 Å². The van der Waals surface area contributed by atoms with E-state index in [2.05, 4.69) is 12.2 Å². The quantitative estimate of drug-likeness (QED) is 0.496. The Morgan fingerprint density at radius 3 is 2.53 bits per heavy atom. The van der Waals surface area contributed by atoms with Gasteiger partial charge in [0.2, 0.25) is 5.91 Å². The topological polar surface area (TPSA) is 67.9 Å². The third-order valence-corrected chi connectivity index (χ3v) is 5.38. The summed E-state index contributed by atoms with van der Waals surface area (Å²) in [6, 6.07) is 12.8. The van der Waals surface area contributed by atoms with Gasteiger partial charge >= 0.3 is 0 Å². The summed E-state index contributed by atoms with van der Waals surface area (Å²) in [5.41, 5.74) is 3.00. The van der Waals surface area contributed by atoms with Gasteiger partial charge in [0.15, 0.2) is 6.61 Å². The Labute approximate surface area is 191 Å². The summed E-state index contributed by atoms with van der Waals surface area (Å²) in [6.45, 7) is 8.73. The number of aryl methyl sites for hydroxylation is 2. The maximum atomic E-state index is 13.3. The molecular formula is C26H36N2O4. The molecule has 0 saturated heterocycles. The summed E-state index contributed by atoms with van der Waals surface area (Å²) < 4.78 is 11.2. The van der Waals surface area contributed by atoms with E-state index in [1.54, 1.807) is 12.0 Å². The van der Waals surface area contributed by atoms with Gasteiger partial charge in [-0.05, 0) is 56.0 Å². The molecule has 1 N–H and O–H groups in total. The zero-order chi connectivity index (χ0) is 23.5. The number of carbonyl (C=O) groups excluding carboxylic acids is 2. The Morgan fingerprint density at radius 2 is 1.88 bits per heavy atom. The van der Waals surface area contributed by atoms with Crippen LogP contribution in [0.1, 0.15) is 49.8 Å². The first-order valence-corrected chi connectivity index (χ1v) is 11.3. The van der Waals surface area contributed by atoms with Gasteiger partial charge in [-0.25, -0.2) is 0 Å². The van der Waals surface area contributed by atoms with Crippen LogP contribution in [0.15, 0.2) is 42.5 Å². The molecule has 0 spiro atoms. The van der Waals surface area contributed by atoms with Crippen molar-refractivity contribution in [2.24, 2.45) is 0 Å². The number of rotatable bonds is 12. The average Bonchev–Trinajstić information content (AvgIpc) is 2.78. The maximum Gasteiger partial charge on any atom is 0.261 e. The lowest BCUT2D eigenvalue weighted by Gasteiger charge is -2.30. The number of unbranched alkanes of at least 4 members (excludes halogenated alkanes) is 1. The number of amides is 2. The highest BCUT2D eigenvalue weighted by atomic mass is 16.5. The van der Waals surface area contributed by atoms with Crippen molar-refractivity contribution in [1.82, 2.24) is 10.2 Å². The summed E-state index contributed by atoms with van der Waals surface area (Å²) in [5, 5.41) is 2.97. The molecule has 0 radical (unpaired) electrons. The number of hydrogen-bond donors (Lipinski definition) is 1. The molecule has 174 valence electrons. The Bertz CT molecular complexity index is 897. The molecular weight excluding hydrogens is 404 g/mol. The van der Waals surface area contributed by atoms with Gasteiger partial charge in [0.1, 0.15) is 17.5 Å². The summed E-state index contributed by atoms with van der Waals surface area (Å²) >= 11 is 0. The second-order valence-electron chi connectivity index (χ2n) is 8.00. The highest BCUT2D eigenvalue weighted by molar-refractivity contribution is 5.88. The van der Waals surface area contributed by atoms with Gasteiger partial charge in [-0.15, -0.1) is 0 Å². The monoisotopic (exact) mass is 440 g/mol. The molecule has 2 rings (SSSR count). The molecule has 1 unspecified atom stereocenters. The van der Waals surface area contributed by atoms with Crippen molar-refractivity contribution >= 4 is 11.8 Å². The molecule has 1 atom stereocenters. The minimum Gasteiger partial charge on any atom is -0.497 e. The summed E-state index contributed by atoms with van der Waals surface area (Å²) in [6.07, 6.45) is 2.41. The first-order valence-electron chi connectivity index (χ1n) is 11.3. The predicted octanol–water partition coefficient (Wildman–Crippen LogP) is 4.41. The van der Waals surface area contributed by atoms with Crippen LogP contribution in [0.2, 0.25) is 0 Å². The number of hydrogen-bond acceptors (Lipinski definition) is 4. The van der Waals surface area contributed by atoms with Crippen LogP contribution in [-0.2, 0) is 16.1 Å². The fraction of sp³-hybridized carbons (Fsp3) is 0.462. The molecule has 0 aliphatic carbocycles. The van der Waals surface area contributed by atoms with E-state index in [0.29, 0.717) is 31.0 Å². The maximum absolute atomic E-state index is 13.3. The SMILES string of the molecule is CCCCNC(=O)C(CC)N(Cc1cccc(OC)c1)C(=O)COc1ccc(C)cc1C. The first-order chi connectivity index (χ1) is 15.4. The smallest absolute Gasteiger partial charge is 0.261 e. The molecule has 6 heteroatoms. The van der Waals surface area contributed by atoms with Crippen LogP contribution in [0.4, 0.5) is 0 Å². The molecule has 0 heterocycles. The van der Waals surface area contributed by atoms with Crippen LogP contribution in [0.5, 0.6) is 11.5 Å². The fourth-order valence-electron chi connectivity index (χ4n) is 3.58. The lowest BCUT2D eigenvalue weighted by atomic mass is 10.1. The lowest BCUT2D eigenvalue weighted by Crippen LogP contribution is -2.50. The Morgan fingerprint density at radius 1 is 1.09 bits per heavy atom. The molecule has 32 heavy (non-hydrogen) atoms. The van der Waals surface area contributed by atoms with Crippen molar-refractivity contribution in [2.75, 3.05) is 20.3 Å². The van der Waals surface area contributed by atoms with E-state index < -0.39 is 6.04 Å². The second-order valence-corrected chi connectivity index (χ2v) is 8.00. The molecule has 0 aromatic heterocycles. The number of methoxy groups -OCH3 is 1. The lowest BCUT2D eigenvalue weighted by molar-refractivity contribution is -0.143. The van der Waals surface area contributed by atoms with E-state index in [1.165, 1.54) is 0 Å². The van der Waals surface area contributed by atoms with E-state index in [9.17, 15) is 9.59 Å². The van der Waals surface area contributed by atoms with Crippen LogP contribution >= 0.6 is 0 Å². The van der Waals surface area contributed by atoms with Crippen molar-refractivity contribution in [3.8, 4) is 11.5 Å². The molecule has 0 aliphatic heterocycles. The van der Waals surface area contributed by atoms with Gasteiger partial charge in [-0.2, -0.15) is 0 Å². The van der Waals surface area contributed by atoms with E-state index in [-0.39, 0.29) is 18.4 Å². The van der Waals surface area contributed by atoms with E-state index in [0.717, 1.165) is 29.5 Å². The molecule has 0 fully saturated rings. The number of benzene rings is 2. The molecule has 2 amide bonds. The first kappa shape index (κ1) is 25.2. The minimum atomic E-state index is -0.576. The second kappa shape index (κ2) is 12.7.